The zero-order valence-corrected chi connectivity index (χ0v) is 11.0. The molecule has 0 spiro atoms. The van der Waals surface area contributed by atoms with Crippen LogP contribution in [0.4, 0.5) is 0 Å². The van der Waals surface area contributed by atoms with Gasteiger partial charge in [0.25, 0.3) is 0 Å². The highest BCUT2D eigenvalue weighted by molar-refractivity contribution is 6.06. The summed E-state index contributed by atoms with van der Waals surface area (Å²) in [4.78, 5) is 0. The summed E-state index contributed by atoms with van der Waals surface area (Å²) >= 11 is 0. The first-order valence-electron chi connectivity index (χ1n) is 6.81. The lowest BCUT2D eigenvalue weighted by Crippen LogP contribution is -2.00. The van der Waals surface area contributed by atoms with Crippen LogP contribution in [0.5, 0.6) is 0 Å². The van der Waals surface area contributed by atoms with Crippen LogP contribution in [0.15, 0.2) is 60.7 Å². The van der Waals surface area contributed by atoms with E-state index in [1.54, 1.807) is 0 Å². The van der Waals surface area contributed by atoms with Crippen molar-refractivity contribution in [2.45, 2.75) is 6.10 Å². The van der Waals surface area contributed by atoms with E-state index in [0.717, 1.165) is 16.5 Å². The van der Waals surface area contributed by atoms with E-state index in [1.807, 2.05) is 36.4 Å². The monoisotopic (exact) mass is 258 g/mol. The van der Waals surface area contributed by atoms with Crippen molar-refractivity contribution >= 4 is 22.9 Å². The molecule has 1 N–H and O–H groups in total. The first kappa shape index (κ1) is 11.4. The Morgan fingerprint density at radius 3 is 2.25 bits per heavy atom. The van der Waals surface area contributed by atoms with Crippen LogP contribution in [0.25, 0.3) is 22.9 Å². The number of aliphatic hydroxyl groups excluding tert-OH is 1. The van der Waals surface area contributed by atoms with Crippen molar-refractivity contribution in [1.29, 1.82) is 0 Å². The fourth-order valence-corrected chi connectivity index (χ4v) is 3.00. The van der Waals surface area contributed by atoms with E-state index in [1.165, 1.54) is 16.5 Å². The SMILES string of the molecule is OC(c1ccccc1)c1ccc2c3c(cccc13)C=C2. The van der Waals surface area contributed by atoms with Crippen LogP contribution >= 0.6 is 0 Å². The van der Waals surface area contributed by atoms with Gasteiger partial charge in [0.2, 0.25) is 0 Å². The molecule has 0 fully saturated rings. The number of rotatable bonds is 2. The topological polar surface area (TPSA) is 20.2 Å². The molecule has 0 amide bonds. The van der Waals surface area contributed by atoms with Gasteiger partial charge in [-0.15, -0.1) is 0 Å². The summed E-state index contributed by atoms with van der Waals surface area (Å²) in [7, 11) is 0. The average molecular weight is 258 g/mol. The molecule has 1 atom stereocenters. The Balaban J connectivity index is 1.95. The summed E-state index contributed by atoms with van der Waals surface area (Å²) in [6.45, 7) is 0. The first-order chi connectivity index (χ1) is 9.84. The second-order valence-electron chi connectivity index (χ2n) is 5.16. The van der Waals surface area contributed by atoms with Crippen molar-refractivity contribution in [2.75, 3.05) is 0 Å². The third kappa shape index (κ3) is 1.60. The maximum atomic E-state index is 10.7. The molecule has 0 saturated heterocycles. The third-order valence-electron chi connectivity index (χ3n) is 3.99. The van der Waals surface area contributed by atoms with E-state index >= 15 is 0 Å². The summed E-state index contributed by atoms with van der Waals surface area (Å²) in [6, 6.07) is 20.2. The quantitative estimate of drug-likeness (QED) is 0.565. The van der Waals surface area contributed by atoms with Crippen LogP contribution in [0.2, 0.25) is 0 Å². The Hall–Kier alpha value is -2.38. The number of aliphatic hydroxyl groups is 1. The fraction of sp³-hybridized carbons (Fsp3) is 0.0526. The molecule has 20 heavy (non-hydrogen) atoms. The van der Waals surface area contributed by atoms with Crippen molar-refractivity contribution in [3.8, 4) is 0 Å². The molecule has 96 valence electrons. The van der Waals surface area contributed by atoms with Crippen LogP contribution < -0.4 is 0 Å². The normalized spacial score (nSPS) is 13.8. The van der Waals surface area contributed by atoms with Crippen LogP contribution in [0.3, 0.4) is 0 Å². The van der Waals surface area contributed by atoms with Crippen molar-refractivity contribution < 1.29 is 5.11 Å². The smallest absolute Gasteiger partial charge is 0.105 e. The molecule has 0 bridgehead atoms. The lowest BCUT2D eigenvalue weighted by Gasteiger charge is -2.15. The minimum Gasteiger partial charge on any atom is -0.384 e. The molecule has 0 radical (unpaired) electrons. The zero-order chi connectivity index (χ0) is 13.5. The second kappa shape index (κ2) is 4.32. The predicted octanol–water partition coefficient (Wildman–Crippen LogP) is 4.41. The van der Waals surface area contributed by atoms with Gasteiger partial charge in [0.1, 0.15) is 6.10 Å². The Morgan fingerprint density at radius 1 is 0.700 bits per heavy atom. The standard InChI is InChI=1S/C19H14O/c20-19(15-5-2-1-3-6-15)17-12-11-14-10-9-13-7-4-8-16(17)18(13)14/h1-12,19-20H. The summed E-state index contributed by atoms with van der Waals surface area (Å²) < 4.78 is 0. The van der Waals surface area contributed by atoms with Gasteiger partial charge in [-0.25, -0.2) is 0 Å². The summed E-state index contributed by atoms with van der Waals surface area (Å²) in [5.41, 5.74) is 4.37. The van der Waals surface area contributed by atoms with E-state index in [-0.39, 0.29) is 0 Å². The molecule has 1 nitrogen and oxygen atoms in total. The predicted molar refractivity (Wildman–Crippen MR) is 83.4 cm³/mol. The van der Waals surface area contributed by atoms with E-state index in [2.05, 4.69) is 36.4 Å². The van der Waals surface area contributed by atoms with Gasteiger partial charge >= 0.3 is 0 Å². The number of hydrogen-bond acceptors (Lipinski definition) is 1. The summed E-state index contributed by atoms with van der Waals surface area (Å²) in [6.07, 6.45) is 3.69. The first-order valence-corrected chi connectivity index (χ1v) is 6.81. The average Bonchev–Trinajstić information content (AvgIpc) is 2.93. The van der Waals surface area contributed by atoms with Gasteiger partial charge in [-0.2, -0.15) is 0 Å². The molecule has 1 heteroatoms. The maximum Gasteiger partial charge on any atom is 0.105 e. The molecule has 3 aromatic rings. The van der Waals surface area contributed by atoms with Crippen LogP contribution in [0, 0.1) is 0 Å². The molecular formula is C19H14O. The van der Waals surface area contributed by atoms with Crippen molar-refractivity contribution in [2.24, 2.45) is 0 Å². The van der Waals surface area contributed by atoms with E-state index in [0.29, 0.717) is 0 Å². The fourth-order valence-electron chi connectivity index (χ4n) is 3.00. The highest BCUT2D eigenvalue weighted by Gasteiger charge is 2.17. The molecule has 0 aromatic heterocycles. The zero-order valence-electron chi connectivity index (χ0n) is 11.0. The molecule has 0 heterocycles. The number of benzene rings is 3. The minimum atomic E-state index is -0.582. The van der Waals surface area contributed by atoms with Gasteiger partial charge in [-0.3, -0.25) is 0 Å². The molecule has 1 aliphatic carbocycles. The maximum absolute atomic E-state index is 10.7. The molecule has 1 unspecified atom stereocenters. The largest absolute Gasteiger partial charge is 0.384 e. The van der Waals surface area contributed by atoms with Gasteiger partial charge < -0.3 is 5.11 Å². The Kier molecular flexibility index (Phi) is 2.48. The van der Waals surface area contributed by atoms with E-state index < -0.39 is 6.10 Å². The Bertz CT molecular complexity index is 804. The molecule has 4 rings (SSSR count). The Labute approximate surface area is 117 Å². The van der Waals surface area contributed by atoms with Gasteiger partial charge in [-0.1, -0.05) is 72.8 Å². The van der Waals surface area contributed by atoms with Gasteiger partial charge in [0.05, 0.1) is 0 Å². The van der Waals surface area contributed by atoms with Gasteiger partial charge in [0.15, 0.2) is 0 Å². The molecule has 0 saturated carbocycles. The van der Waals surface area contributed by atoms with E-state index in [9.17, 15) is 5.11 Å². The lowest BCUT2D eigenvalue weighted by molar-refractivity contribution is 0.222. The lowest BCUT2D eigenvalue weighted by atomic mass is 9.93. The molecule has 0 aliphatic heterocycles. The second-order valence-corrected chi connectivity index (χ2v) is 5.16. The minimum absolute atomic E-state index is 0.582. The van der Waals surface area contributed by atoms with Crippen molar-refractivity contribution in [1.82, 2.24) is 0 Å². The van der Waals surface area contributed by atoms with Crippen LogP contribution in [-0.2, 0) is 0 Å². The Morgan fingerprint density at radius 2 is 1.45 bits per heavy atom. The molecule has 3 aromatic carbocycles. The van der Waals surface area contributed by atoms with Crippen LogP contribution in [-0.4, -0.2) is 5.11 Å². The van der Waals surface area contributed by atoms with Crippen molar-refractivity contribution in [3.05, 3.63) is 82.9 Å². The number of hydrogen-bond donors (Lipinski definition) is 1. The highest BCUT2D eigenvalue weighted by Crippen LogP contribution is 2.36. The van der Waals surface area contributed by atoms with Crippen molar-refractivity contribution in [3.63, 3.8) is 0 Å². The van der Waals surface area contributed by atoms with E-state index in [4.69, 9.17) is 0 Å². The highest BCUT2D eigenvalue weighted by atomic mass is 16.3. The molecular weight excluding hydrogens is 244 g/mol. The molecule has 1 aliphatic rings. The third-order valence-corrected chi connectivity index (χ3v) is 3.99. The van der Waals surface area contributed by atoms with Gasteiger partial charge in [-0.05, 0) is 33.0 Å². The van der Waals surface area contributed by atoms with Gasteiger partial charge in [0, 0.05) is 0 Å². The summed E-state index contributed by atoms with van der Waals surface area (Å²) in [5.74, 6) is 0. The summed E-state index contributed by atoms with van der Waals surface area (Å²) in [5, 5.41) is 13.1. The van der Waals surface area contributed by atoms with Crippen LogP contribution in [0.1, 0.15) is 28.4 Å².